The maximum Gasteiger partial charge on any atom is 0.233 e. The molecule has 0 saturated carbocycles. The number of benzene rings is 1. The van der Waals surface area contributed by atoms with E-state index in [0.29, 0.717) is 13.1 Å². The minimum atomic E-state index is -0.244. The summed E-state index contributed by atoms with van der Waals surface area (Å²) in [5.74, 6) is -0.331. The molecular formula is C20H32N4O2. The van der Waals surface area contributed by atoms with E-state index in [2.05, 4.69) is 42.0 Å². The third-order valence-corrected chi connectivity index (χ3v) is 5.10. The fourth-order valence-corrected chi connectivity index (χ4v) is 3.33. The second-order valence-corrected chi connectivity index (χ2v) is 6.71. The Hall–Kier alpha value is -2.08. The minimum Gasteiger partial charge on any atom is -0.372 e. The van der Waals surface area contributed by atoms with Crippen LogP contribution in [0.25, 0.3) is 0 Å². The Balaban J connectivity index is 1.90. The number of anilines is 2. The number of nitrogens with zero attached hydrogens (tertiary/aromatic N) is 3. The SMILES string of the molecule is CCN1CCN(C(=O)CC(=O)Nc2ccc(N(CC)CC)cc2C)CC1. The molecule has 0 aliphatic carbocycles. The van der Waals surface area contributed by atoms with Gasteiger partial charge in [0.25, 0.3) is 0 Å². The van der Waals surface area contributed by atoms with Crippen molar-refractivity contribution in [1.82, 2.24) is 9.80 Å². The smallest absolute Gasteiger partial charge is 0.233 e. The zero-order valence-corrected chi connectivity index (χ0v) is 16.5. The van der Waals surface area contributed by atoms with Gasteiger partial charge in [0, 0.05) is 50.6 Å². The predicted octanol–water partition coefficient (Wildman–Crippen LogP) is 2.33. The van der Waals surface area contributed by atoms with E-state index in [0.717, 1.165) is 49.7 Å². The Morgan fingerprint density at radius 3 is 2.27 bits per heavy atom. The molecule has 0 unspecified atom stereocenters. The standard InChI is InChI=1S/C20H32N4O2/c1-5-22-10-12-24(13-11-22)20(26)15-19(25)21-18-9-8-17(14-16(18)4)23(6-2)7-3/h8-9,14H,5-7,10-13,15H2,1-4H3,(H,21,25). The van der Waals surface area contributed by atoms with Crippen LogP contribution >= 0.6 is 0 Å². The molecule has 0 spiro atoms. The van der Waals surface area contributed by atoms with Gasteiger partial charge in [-0.25, -0.2) is 0 Å². The van der Waals surface area contributed by atoms with E-state index in [9.17, 15) is 9.59 Å². The molecule has 0 bridgehead atoms. The lowest BCUT2D eigenvalue weighted by molar-refractivity contribution is -0.136. The summed E-state index contributed by atoms with van der Waals surface area (Å²) in [5.41, 5.74) is 2.93. The molecule has 1 N–H and O–H groups in total. The summed E-state index contributed by atoms with van der Waals surface area (Å²) in [7, 11) is 0. The van der Waals surface area contributed by atoms with E-state index in [1.165, 1.54) is 0 Å². The van der Waals surface area contributed by atoms with E-state index in [1.54, 1.807) is 4.90 Å². The van der Waals surface area contributed by atoms with E-state index in [-0.39, 0.29) is 18.2 Å². The number of piperazine rings is 1. The third-order valence-electron chi connectivity index (χ3n) is 5.10. The zero-order valence-electron chi connectivity index (χ0n) is 16.5. The second kappa shape index (κ2) is 9.57. The topological polar surface area (TPSA) is 55.9 Å². The highest BCUT2D eigenvalue weighted by molar-refractivity contribution is 6.04. The molecule has 6 heteroatoms. The summed E-state index contributed by atoms with van der Waals surface area (Å²) in [5, 5.41) is 2.89. The first-order chi connectivity index (χ1) is 12.5. The molecule has 26 heavy (non-hydrogen) atoms. The first-order valence-corrected chi connectivity index (χ1v) is 9.64. The normalized spacial score (nSPS) is 15.0. The number of hydrogen-bond acceptors (Lipinski definition) is 4. The van der Waals surface area contributed by atoms with Crippen molar-refractivity contribution in [3.8, 4) is 0 Å². The van der Waals surface area contributed by atoms with Crippen LogP contribution in [0.1, 0.15) is 32.8 Å². The summed E-state index contributed by atoms with van der Waals surface area (Å²) in [6.45, 7) is 14.4. The Morgan fingerprint density at radius 1 is 1.08 bits per heavy atom. The Bertz CT molecular complexity index is 620. The lowest BCUT2D eigenvalue weighted by atomic mass is 10.1. The van der Waals surface area contributed by atoms with Crippen molar-refractivity contribution in [1.29, 1.82) is 0 Å². The fourth-order valence-electron chi connectivity index (χ4n) is 3.33. The molecule has 1 heterocycles. The summed E-state index contributed by atoms with van der Waals surface area (Å²) in [6, 6.07) is 6.02. The highest BCUT2D eigenvalue weighted by Crippen LogP contribution is 2.22. The van der Waals surface area contributed by atoms with Gasteiger partial charge < -0.3 is 20.0 Å². The van der Waals surface area contributed by atoms with Crippen LogP contribution in [0.4, 0.5) is 11.4 Å². The van der Waals surface area contributed by atoms with Gasteiger partial charge in [0.15, 0.2) is 0 Å². The fraction of sp³-hybridized carbons (Fsp3) is 0.600. The first kappa shape index (κ1) is 20.2. The van der Waals surface area contributed by atoms with Crippen molar-refractivity contribution >= 4 is 23.2 Å². The van der Waals surface area contributed by atoms with Crippen molar-refractivity contribution in [3.05, 3.63) is 23.8 Å². The Morgan fingerprint density at radius 2 is 1.73 bits per heavy atom. The van der Waals surface area contributed by atoms with Gasteiger partial charge in [0.05, 0.1) is 0 Å². The predicted molar refractivity (Wildman–Crippen MR) is 107 cm³/mol. The molecule has 1 fully saturated rings. The van der Waals surface area contributed by atoms with Crippen LogP contribution in [-0.4, -0.2) is 67.4 Å². The van der Waals surface area contributed by atoms with E-state index < -0.39 is 0 Å². The molecule has 1 aromatic carbocycles. The molecule has 1 aliphatic heterocycles. The highest BCUT2D eigenvalue weighted by Gasteiger charge is 2.22. The lowest BCUT2D eigenvalue weighted by Gasteiger charge is -2.34. The highest BCUT2D eigenvalue weighted by atomic mass is 16.2. The number of rotatable bonds is 7. The molecule has 0 radical (unpaired) electrons. The molecule has 1 saturated heterocycles. The van der Waals surface area contributed by atoms with E-state index in [1.807, 2.05) is 19.1 Å². The lowest BCUT2D eigenvalue weighted by Crippen LogP contribution is -2.49. The monoisotopic (exact) mass is 360 g/mol. The van der Waals surface area contributed by atoms with Crippen LogP contribution in [0.15, 0.2) is 18.2 Å². The Kier molecular flexibility index (Phi) is 7.45. The summed E-state index contributed by atoms with van der Waals surface area (Å²) < 4.78 is 0. The van der Waals surface area contributed by atoms with Crippen molar-refractivity contribution < 1.29 is 9.59 Å². The molecule has 2 amide bonds. The molecule has 1 aromatic rings. The minimum absolute atomic E-state index is 0.0873. The maximum absolute atomic E-state index is 12.3. The quantitative estimate of drug-likeness (QED) is 0.759. The molecule has 2 rings (SSSR count). The van der Waals surface area contributed by atoms with Gasteiger partial charge in [-0.15, -0.1) is 0 Å². The van der Waals surface area contributed by atoms with Crippen LogP contribution in [0.5, 0.6) is 0 Å². The van der Waals surface area contributed by atoms with E-state index >= 15 is 0 Å². The van der Waals surface area contributed by atoms with E-state index in [4.69, 9.17) is 0 Å². The van der Waals surface area contributed by atoms with Gasteiger partial charge in [0.1, 0.15) is 6.42 Å². The number of nitrogens with one attached hydrogen (secondary N) is 1. The number of aryl methyl sites for hydroxylation is 1. The average molecular weight is 361 g/mol. The summed E-state index contributed by atoms with van der Waals surface area (Å²) in [4.78, 5) is 31.0. The van der Waals surface area contributed by atoms with Crippen LogP contribution in [-0.2, 0) is 9.59 Å². The number of hydrogen-bond donors (Lipinski definition) is 1. The van der Waals surface area contributed by atoms with Crippen molar-refractivity contribution in [2.24, 2.45) is 0 Å². The Labute approximate surface area is 157 Å². The van der Waals surface area contributed by atoms with Gasteiger partial charge in [-0.1, -0.05) is 6.92 Å². The van der Waals surface area contributed by atoms with Crippen LogP contribution in [0, 0.1) is 6.92 Å². The van der Waals surface area contributed by atoms with Crippen LogP contribution in [0.3, 0.4) is 0 Å². The van der Waals surface area contributed by atoms with Crippen LogP contribution < -0.4 is 10.2 Å². The van der Waals surface area contributed by atoms with Gasteiger partial charge >= 0.3 is 0 Å². The van der Waals surface area contributed by atoms with Gasteiger partial charge in [-0.05, 0) is 51.1 Å². The van der Waals surface area contributed by atoms with Gasteiger partial charge in [-0.3, -0.25) is 9.59 Å². The molecule has 144 valence electrons. The first-order valence-electron chi connectivity index (χ1n) is 9.64. The number of carbonyl (C=O) groups excluding carboxylic acids is 2. The second-order valence-electron chi connectivity index (χ2n) is 6.71. The molecule has 0 atom stereocenters. The number of likely N-dealkylation sites (N-methyl/N-ethyl adjacent to an activating group) is 1. The average Bonchev–Trinajstić information content (AvgIpc) is 2.65. The largest absolute Gasteiger partial charge is 0.372 e. The zero-order chi connectivity index (χ0) is 19.1. The van der Waals surface area contributed by atoms with Gasteiger partial charge in [0.2, 0.25) is 11.8 Å². The number of carbonyl (C=O) groups is 2. The number of amides is 2. The summed E-state index contributed by atoms with van der Waals surface area (Å²) >= 11 is 0. The molecule has 0 aromatic heterocycles. The molecule has 1 aliphatic rings. The maximum atomic E-state index is 12.3. The van der Waals surface area contributed by atoms with Crippen molar-refractivity contribution in [2.45, 2.75) is 34.1 Å². The van der Waals surface area contributed by atoms with Crippen LogP contribution in [0.2, 0.25) is 0 Å². The molecular weight excluding hydrogens is 328 g/mol. The molecule has 6 nitrogen and oxygen atoms in total. The van der Waals surface area contributed by atoms with Gasteiger partial charge in [-0.2, -0.15) is 0 Å². The van der Waals surface area contributed by atoms with Crippen molar-refractivity contribution in [2.75, 3.05) is 56.0 Å². The third kappa shape index (κ3) is 5.21. The summed E-state index contributed by atoms with van der Waals surface area (Å²) in [6.07, 6.45) is -0.0939. The van der Waals surface area contributed by atoms with Crippen molar-refractivity contribution in [3.63, 3.8) is 0 Å².